The smallest absolute Gasteiger partial charge is 0.124 e. The quantitative estimate of drug-likeness (QED) is 0.771. The summed E-state index contributed by atoms with van der Waals surface area (Å²) in [6.07, 6.45) is 0.951. The van der Waals surface area contributed by atoms with E-state index in [0.29, 0.717) is 19.7 Å². The molecule has 0 aliphatic heterocycles. The Labute approximate surface area is 118 Å². The highest BCUT2D eigenvalue weighted by molar-refractivity contribution is 5.16. The van der Waals surface area contributed by atoms with Crippen LogP contribution >= 0.6 is 0 Å². The molecule has 0 amide bonds. The van der Waals surface area contributed by atoms with Gasteiger partial charge in [-0.25, -0.2) is 0 Å². The van der Waals surface area contributed by atoms with Crippen molar-refractivity contribution in [1.29, 1.82) is 0 Å². The molecule has 0 saturated heterocycles. The lowest BCUT2D eigenvalue weighted by Crippen LogP contribution is -2.30. The van der Waals surface area contributed by atoms with Crippen LogP contribution in [0.4, 0.5) is 0 Å². The van der Waals surface area contributed by atoms with Crippen molar-refractivity contribution in [2.45, 2.75) is 25.7 Å². The second-order valence-corrected chi connectivity index (χ2v) is 4.66. The molecule has 1 heterocycles. The molecule has 0 fully saturated rings. The van der Waals surface area contributed by atoms with Crippen molar-refractivity contribution in [3.63, 3.8) is 0 Å². The zero-order valence-electron chi connectivity index (χ0n) is 11.5. The molecule has 108 valence electrons. The van der Waals surface area contributed by atoms with Crippen LogP contribution in [0.25, 0.3) is 0 Å². The molecule has 5 heteroatoms. The van der Waals surface area contributed by atoms with Gasteiger partial charge >= 0.3 is 0 Å². The minimum atomic E-state index is -0.548. The van der Waals surface area contributed by atoms with E-state index in [1.165, 1.54) is 6.26 Å². The number of hydrogen-bond acceptors (Lipinski definition) is 5. The molecule has 1 aromatic carbocycles. The zero-order valence-corrected chi connectivity index (χ0v) is 11.5. The molecule has 0 aliphatic carbocycles. The third-order valence-corrected chi connectivity index (χ3v) is 2.98. The van der Waals surface area contributed by atoms with Gasteiger partial charge < -0.3 is 19.7 Å². The summed E-state index contributed by atoms with van der Waals surface area (Å²) < 4.78 is 10.4. The van der Waals surface area contributed by atoms with E-state index in [2.05, 4.69) is 10.5 Å². The molecule has 0 spiro atoms. The Morgan fingerprint density at radius 3 is 2.80 bits per heavy atom. The van der Waals surface area contributed by atoms with Gasteiger partial charge in [0.25, 0.3) is 0 Å². The fraction of sp³-hybridized carbons (Fsp3) is 0.400. The van der Waals surface area contributed by atoms with E-state index in [1.54, 1.807) is 6.07 Å². The van der Waals surface area contributed by atoms with Crippen LogP contribution in [0.5, 0.6) is 0 Å². The normalized spacial score (nSPS) is 14.1. The van der Waals surface area contributed by atoms with Crippen molar-refractivity contribution < 1.29 is 14.4 Å². The van der Waals surface area contributed by atoms with Crippen LogP contribution in [-0.2, 0) is 11.3 Å². The second-order valence-electron chi connectivity index (χ2n) is 4.66. The van der Waals surface area contributed by atoms with E-state index in [9.17, 15) is 5.11 Å². The van der Waals surface area contributed by atoms with Gasteiger partial charge in [0.2, 0.25) is 0 Å². The number of nitrogens with one attached hydrogen (secondary N) is 1. The van der Waals surface area contributed by atoms with Crippen LogP contribution in [0.15, 0.2) is 47.2 Å². The fourth-order valence-corrected chi connectivity index (χ4v) is 1.83. The summed E-state index contributed by atoms with van der Waals surface area (Å²) in [4.78, 5) is 0. The number of rotatable bonds is 8. The Hall–Kier alpha value is -1.69. The molecule has 0 aliphatic rings. The lowest BCUT2D eigenvalue weighted by Gasteiger charge is -2.17. The minimum Gasteiger partial charge on any atom is -0.389 e. The molecule has 0 radical (unpaired) electrons. The molecule has 2 rings (SSSR count). The third-order valence-electron chi connectivity index (χ3n) is 2.98. The van der Waals surface area contributed by atoms with Gasteiger partial charge in [0.05, 0.1) is 24.5 Å². The molecule has 5 nitrogen and oxygen atoms in total. The van der Waals surface area contributed by atoms with Gasteiger partial charge in [-0.1, -0.05) is 35.5 Å². The maximum Gasteiger partial charge on any atom is 0.124 e. The Balaban J connectivity index is 1.63. The largest absolute Gasteiger partial charge is 0.389 e. The first kappa shape index (κ1) is 14.7. The molecule has 2 unspecified atom stereocenters. The van der Waals surface area contributed by atoms with Gasteiger partial charge in [-0.3, -0.25) is 0 Å². The van der Waals surface area contributed by atoms with E-state index >= 15 is 0 Å². The average molecular weight is 276 g/mol. The highest BCUT2D eigenvalue weighted by atomic mass is 16.5. The van der Waals surface area contributed by atoms with Gasteiger partial charge in [0.15, 0.2) is 0 Å². The van der Waals surface area contributed by atoms with Gasteiger partial charge in [0, 0.05) is 19.2 Å². The van der Waals surface area contributed by atoms with Crippen molar-refractivity contribution >= 4 is 0 Å². The first-order valence-corrected chi connectivity index (χ1v) is 6.70. The van der Waals surface area contributed by atoms with Gasteiger partial charge in [-0.05, 0) is 12.5 Å². The van der Waals surface area contributed by atoms with Crippen LogP contribution in [0.3, 0.4) is 0 Å². The van der Waals surface area contributed by atoms with Crippen LogP contribution in [0.1, 0.15) is 24.3 Å². The molecular formula is C15H20N2O3. The Morgan fingerprint density at radius 2 is 2.10 bits per heavy atom. The molecule has 2 aromatic rings. The maximum atomic E-state index is 9.84. The van der Waals surface area contributed by atoms with E-state index in [1.807, 2.05) is 37.3 Å². The summed E-state index contributed by atoms with van der Waals surface area (Å²) in [5.41, 5.74) is 1.92. The van der Waals surface area contributed by atoms with Crippen molar-refractivity contribution in [2.75, 3.05) is 13.2 Å². The van der Waals surface area contributed by atoms with E-state index in [-0.39, 0.29) is 6.10 Å². The summed E-state index contributed by atoms with van der Waals surface area (Å²) >= 11 is 0. The molecule has 20 heavy (non-hydrogen) atoms. The Bertz CT molecular complexity index is 473. The zero-order chi connectivity index (χ0) is 14.2. The van der Waals surface area contributed by atoms with Crippen molar-refractivity contribution in [3.8, 4) is 0 Å². The second kappa shape index (κ2) is 7.79. The molecule has 2 N–H and O–H groups in total. The molecule has 1 aromatic heterocycles. The van der Waals surface area contributed by atoms with Crippen LogP contribution in [0.2, 0.25) is 0 Å². The first-order valence-electron chi connectivity index (χ1n) is 6.70. The highest BCUT2D eigenvalue weighted by Gasteiger charge is 2.09. The fourth-order valence-electron chi connectivity index (χ4n) is 1.83. The van der Waals surface area contributed by atoms with Crippen molar-refractivity contribution in [2.24, 2.45) is 0 Å². The van der Waals surface area contributed by atoms with Gasteiger partial charge in [-0.15, -0.1) is 0 Å². The number of nitrogens with zero attached hydrogens (tertiary/aromatic N) is 1. The number of aliphatic hydroxyl groups excluding tert-OH is 1. The number of aromatic nitrogens is 1. The van der Waals surface area contributed by atoms with Crippen LogP contribution in [0, 0.1) is 0 Å². The molecular weight excluding hydrogens is 256 g/mol. The first-order chi connectivity index (χ1) is 9.75. The van der Waals surface area contributed by atoms with Crippen molar-refractivity contribution in [1.82, 2.24) is 10.5 Å². The Kier molecular flexibility index (Phi) is 5.73. The molecule has 2 atom stereocenters. The predicted molar refractivity (Wildman–Crippen MR) is 75.0 cm³/mol. The minimum absolute atomic E-state index is 0.0265. The third kappa shape index (κ3) is 4.77. The molecule has 0 saturated carbocycles. The lowest BCUT2D eigenvalue weighted by molar-refractivity contribution is -0.00215. The van der Waals surface area contributed by atoms with E-state index in [0.717, 1.165) is 11.3 Å². The van der Waals surface area contributed by atoms with E-state index < -0.39 is 6.10 Å². The van der Waals surface area contributed by atoms with Crippen LogP contribution < -0.4 is 5.32 Å². The monoisotopic (exact) mass is 276 g/mol. The molecule has 0 bridgehead atoms. The van der Waals surface area contributed by atoms with Gasteiger partial charge in [-0.2, -0.15) is 0 Å². The van der Waals surface area contributed by atoms with Crippen LogP contribution in [-0.4, -0.2) is 29.5 Å². The average Bonchev–Trinajstić information content (AvgIpc) is 2.99. The number of ether oxygens (including phenoxy) is 1. The number of aliphatic hydroxyl groups is 1. The lowest BCUT2D eigenvalue weighted by atomic mass is 10.1. The predicted octanol–water partition coefficient (Wildman–Crippen LogP) is 1.90. The van der Waals surface area contributed by atoms with Crippen molar-refractivity contribution in [3.05, 3.63) is 53.9 Å². The maximum absolute atomic E-state index is 9.84. The standard InChI is InChI=1S/C15H20N2O3/c1-12(13-5-3-2-4-6-13)19-11-15(18)10-16-9-14-7-8-20-17-14/h2-8,12,15-16,18H,9-11H2,1H3. The summed E-state index contributed by atoms with van der Waals surface area (Å²) in [6.45, 7) is 3.29. The summed E-state index contributed by atoms with van der Waals surface area (Å²) in [5, 5.41) is 16.7. The summed E-state index contributed by atoms with van der Waals surface area (Å²) in [7, 11) is 0. The Morgan fingerprint density at radius 1 is 1.30 bits per heavy atom. The van der Waals surface area contributed by atoms with E-state index in [4.69, 9.17) is 9.26 Å². The SMILES string of the molecule is CC(OCC(O)CNCc1ccon1)c1ccccc1. The summed E-state index contributed by atoms with van der Waals surface area (Å²) in [6, 6.07) is 11.7. The number of benzene rings is 1. The summed E-state index contributed by atoms with van der Waals surface area (Å²) in [5.74, 6) is 0. The number of hydrogen-bond donors (Lipinski definition) is 2. The topological polar surface area (TPSA) is 67.5 Å². The highest BCUT2D eigenvalue weighted by Crippen LogP contribution is 2.15. The van der Waals surface area contributed by atoms with Gasteiger partial charge in [0.1, 0.15) is 6.26 Å².